The first-order valence-corrected chi connectivity index (χ1v) is 13.6. The maximum Gasteiger partial charge on any atom is 0.246 e. The number of nitrogens with one attached hydrogen (secondary N) is 1. The minimum atomic E-state index is -0.701. The van der Waals surface area contributed by atoms with Crippen molar-refractivity contribution in [3.63, 3.8) is 0 Å². The summed E-state index contributed by atoms with van der Waals surface area (Å²) in [5.74, 6) is 2.25. The molecule has 0 radical (unpaired) electrons. The number of amides is 2. The van der Waals surface area contributed by atoms with Crippen LogP contribution in [0.25, 0.3) is 0 Å². The quantitative estimate of drug-likeness (QED) is 0.603. The molecular weight excluding hydrogens is 432 g/mol. The van der Waals surface area contributed by atoms with E-state index in [0.29, 0.717) is 36.6 Å². The molecule has 2 fully saturated rings. The highest BCUT2D eigenvalue weighted by Crippen LogP contribution is 2.47. The lowest BCUT2D eigenvalue weighted by Crippen LogP contribution is -2.63. The normalized spacial score (nSPS) is 28.0. The third kappa shape index (κ3) is 5.03. The van der Waals surface area contributed by atoms with E-state index in [-0.39, 0.29) is 11.8 Å². The Morgan fingerprint density at radius 3 is 2.40 bits per heavy atom. The van der Waals surface area contributed by atoms with E-state index >= 15 is 0 Å². The molecule has 2 aromatic rings. The summed E-state index contributed by atoms with van der Waals surface area (Å²) in [4.78, 5) is 29.4. The highest BCUT2D eigenvalue weighted by atomic mass is 16.2. The summed E-state index contributed by atoms with van der Waals surface area (Å²) < 4.78 is 0. The van der Waals surface area contributed by atoms with E-state index in [1.807, 2.05) is 23.1 Å². The SMILES string of the molecule is CC(C)C[C@H]1CC(=O)N([C@@]2(C(=O)NCCc3ccccc3)CC[C@H]3Cc4ccccc4C[C@@H]3C2)C1. The van der Waals surface area contributed by atoms with Crippen LogP contribution in [-0.2, 0) is 28.9 Å². The van der Waals surface area contributed by atoms with Crippen LogP contribution in [-0.4, -0.2) is 35.3 Å². The molecule has 4 nitrogen and oxygen atoms in total. The van der Waals surface area contributed by atoms with Crippen molar-refractivity contribution in [1.29, 1.82) is 0 Å². The minimum absolute atomic E-state index is 0.0734. The van der Waals surface area contributed by atoms with Crippen LogP contribution < -0.4 is 5.32 Å². The molecule has 186 valence electrons. The van der Waals surface area contributed by atoms with Crippen molar-refractivity contribution in [3.8, 4) is 0 Å². The number of hydrogen-bond donors (Lipinski definition) is 1. The van der Waals surface area contributed by atoms with Crippen LogP contribution in [0.5, 0.6) is 0 Å². The van der Waals surface area contributed by atoms with Gasteiger partial charge in [0.2, 0.25) is 11.8 Å². The first-order valence-electron chi connectivity index (χ1n) is 13.6. The van der Waals surface area contributed by atoms with Crippen molar-refractivity contribution in [2.75, 3.05) is 13.1 Å². The summed E-state index contributed by atoms with van der Waals surface area (Å²) in [5.41, 5.74) is 3.43. The molecular formula is C31H40N2O2. The van der Waals surface area contributed by atoms with Crippen molar-refractivity contribution in [1.82, 2.24) is 10.2 Å². The number of fused-ring (bicyclic) bond motifs is 2. The Balaban J connectivity index is 1.37. The largest absolute Gasteiger partial charge is 0.354 e. The third-order valence-electron chi connectivity index (χ3n) is 8.77. The monoisotopic (exact) mass is 472 g/mol. The maximum absolute atomic E-state index is 14.0. The summed E-state index contributed by atoms with van der Waals surface area (Å²) in [6.07, 6.45) is 7.18. The number of carbonyl (C=O) groups is 2. The van der Waals surface area contributed by atoms with Gasteiger partial charge in [-0.05, 0) is 85.3 Å². The van der Waals surface area contributed by atoms with Gasteiger partial charge in [0.25, 0.3) is 0 Å². The summed E-state index contributed by atoms with van der Waals surface area (Å²) in [5, 5.41) is 3.28. The fourth-order valence-electron chi connectivity index (χ4n) is 7.11. The molecule has 2 aromatic carbocycles. The van der Waals surface area contributed by atoms with Gasteiger partial charge in [-0.3, -0.25) is 9.59 Å². The van der Waals surface area contributed by atoms with Crippen LogP contribution in [0.15, 0.2) is 54.6 Å². The second kappa shape index (κ2) is 10.2. The molecule has 1 saturated heterocycles. The molecule has 3 aliphatic rings. The Kier molecular flexibility index (Phi) is 7.00. The van der Waals surface area contributed by atoms with Crippen molar-refractivity contribution in [2.45, 2.75) is 70.8 Å². The molecule has 1 aliphatic heterocycles. The summed E-state index contributed by atoms with van der Waals surface area (Å²) in [6, 6.07) is 19.1. The van der Waals surface area contributed by atoms with Gasteiger partial charge < -0.3 is 10.2 Å². The van der Waals surface area contributed by atoms with Crippen LogP contribution in [0.2, 0.25) is 0 Å². The van der Waals surface area contributed by atoms with Crippen LogP contribution in [0, 0.1) is 23.7 Å². The van der Waals surface area contributed by atoms with E-state index in [1.165, 1.54) is 16.7 Å². The molecule has 4 atom stereocenters. The van der Waals surface area contributed by atoms with Gasteiger partial charge in [0, 0.05) is 19.5 Å². The van der Waals surface area contributed by atoms with Crippen molar-refractivity contribution >= 4 is 11.8 Å². The molecule has 2 amide bonds. The lowest BCUT2D eigenvalue weighted by Gasteiger charge is -2.50. The second-order valence-electron chi connectivity index (χ2n) is 11.7. The average Bonchev–Trinajstić information content (AvgIpc) is 3.22. The van der Waals surface area contributed by atoms with Crippen LogP contribution in [0.1, 0.15) is 62.6 Å². The van der Waals surface area contributed by atoms with Gasteiger partial charge >= 0.3 is 0 Å². The van der Waals surface area contributed by atoms with Gasteiger partial charge in [-0.1, -0.05) is 68.4 Å². The van der Waals surface area contributed by atoms with Crippen LogP contribution in [0.3, 0.4) is 0 Å². The third-order valence-corrected chi connectivity index (χ3v) is 8.77. The lowest BCUT2D eigenvalue weighted by atomic mass is 9.62. The van der Waals surface area contributed by atoms with Crippen LogP contribution >= 0.6 is 0 Å². The van der Waals surface area contributed by atoms with E-state index in [4.69, 9.17) is 0 Å². The van der Waals surface area contributed by atoms with E-state index in [1.54, 1.807) is 0 Å². The van der Waals surface area contributed by atoms with Crippen LogP contribution in [0.4, 0.5) is 0 Å². The number of rotatable bonds is 7. The van der Waals surface area contributed by atoms with Gasteiger partial charge in [0.1, 0.15) is 5.54 Å². The number of benzene rings is 2. The topological polar surface area (TPSA) is 49.4 Å². The smallest absolute Gasteiger partial charge is 0.246 e. The van der Waals surface area contributed by atoms with Gasteiger partial charge in [0.15, 0.2) is 0 Å². The van der Waals surface area contributed by atoms with E-state index < -0.39 is 5.54 Å². The summed E-state index contributed by atoms with van der Waals surface area (Å²) in [6.45, 7) is 5.80. The first kappa shape index (κ1) is 24.1. The van der Waals surface area contributed by atoms with Crippen molar-refractivity contribution in [3.05, 3.63) is 71.3 Å². The minimum Gasteiger partial charge on any atom is -0.354 e. The Morgan fingerprint density at radius 2 is 1.69 bits per heavy atom. The standard InChI is InChI=1S/C31H40N2O2/c1-22(2)16-24-17-29(34)33(21-24)31(30(35)32-15-13-23-8-4-3-5-9-23)14-12-27-18-25-10-6-7-11-26(25)19-28(27)20-31/h3-11,22,24,27-28H,12-21H2,1-2H3,(H,32,35)/t24-,27-,28+,31-/m0/s1. The molecule has 35 heavy (non-hydrogen) atoms. The van der Waals surface area contributed by atoms with E-state index in [9.17, 15) is 9.59 Å². The Morgan fingerprint density at radius 1 is 1.00 bits per heavy atom. The Hall–Kier alpha value is -2.62. The number of hydrogen-bond acceptors (Lipinski definition) is 2. The first-order chi connectivity index (χ1) is 16.9. The highest BCUT2D eigenvalue weighted by Gasteiger charge is 2.54. The molecule has 0 spiro atoms. The second-order valence-corrected chi connectivity index (χ2v) is 11.7. The van der Waals surface area contributed by atoms with E-state index in [0.717, 1.165) is 51.5 Å². The molecule has 2 aliphatic carbocycles. The Labute approximate surface area is 210 Å². The number of carbonyl (C=O) groups excluding carboxylic acids is 2. The summed E-state index contributed by atoms with van der Waals surface area (Å²) >= 11 is 0. The lowest BCUT2D eigenvalue weighted by molar-refractivity contribution is -0.149. The van der Waals surface area contributed by atoms with Gasteiger partial charge in [0.05, 0.1) is 0 Å². The van der Waals surface area contributed by atoms with E-state index in [2.05, 4.69) is 55.6 Å². The molecule has 1 N–H and O–H groups in total. The number of likely N-dealkylation sites (tertiary alicyclic amines) is 1. The molecule has 0 bridgehead atoms. The molecule has 1 heterocycles. The predicted molar refractivity (Wildman–Crippen MR) is 140 cm³/mol. The van der Waals surface area contributed by atoms with Crippen molar-refractivity contribution in [2.24, 2.45) is 23.7 Å². The maximum atomic E-state index is 14.0. The zero-order chi connectivity index (χ0) is 24.4. The van der Waals surface area contributed by atoms with Gasteiger partial charge in [-0.25, -0.2) is 0 Å². The predicted octanol–water partition coefficient (Wildman–Crippen LogP) is 5.19. The molecule has 0 aromatic heterocycles. The fraction of sp³-hybridized carbons (Fsp3) is 0.548. The molecule has 0 unspecified atom stereocenters. The molecule has 5 rings (SSSR count). The number of nitrogens with zero attached hydrogens (tertiary/aromatic N) is 1. The molecule has 4 heteroatoms. The van der Waals surface area contributed by atoms with Crippen molar-refractivity contribution < 1.29 is 9.59 Å². The average molecular weight is 473 g/mol. The Bertz CT molecular complexity index is 1050. The highest BCUT2D eigenvalue weighted by molar-refractivity contribution is 5.92. The fourth-order valence-corrected chi connectivity index (χ4v) is 7.11. The zero-order valence-corrected chi connectivity index (χ0v) is 21.3. The summed E-state index contributed by atoms with van der Waals surface area (Å²) in [7, 11) is 0. The molecule has 1 saturated carbocycles. The van der Waals surface area contributed by atoms with Gasteiger partial charge in [-0.2, -0.15) is 0 Å². The zero-order valence-electron chi connectivity index (χ0n) is 21.3. The van der Waals surface area contributed by atoms with Gasteiger partial charge in [-0.15, -0.1) is 0 Å².